The van der Waals surface area contributed by atoms with E-state index in [-0.39, 0.29) is 24.0 Å². The number of aryl methyl sites for hydroxylation is 1. The van der Waals surface area contributed by atoms with E-state index in [9.17, 15) is 0 Å². The van der Waals surface area contributed by atoms with E-state index in [0.717, 1.165) is 31.5 Å². The summed E-state index contributed by atoms with van der Waals surface area (Å²) >= 11 is 1.80. The molecule has 4 nitrogen and oxygen atoms in total. The molecule has 1 aromatic rings. The van der Waals surface area contributed by atoms with Crippen LogP contribution in [0, 0.1) is 12.8 Å². The van der Waals surface area contributed by atoms with Gasteiger partial charge in [0.1, 0.15) is 0 Å². The number of halogens is 1. The maximum Gasteiger partial charge on any atom is 0.191 e. The lowest BCUT2D eigenvalue weighted by Gasteiger charge is -2.32. The molecule has 1 fully saturated rings. The maximum absolute atomic E-state index is 4.37. The van der Waals surface area contributed by atoms with Crippen LogP contribution in [0.15, 0.2) is 28.1 Å². The molecule has 1 atom stereocenters. The molecule has 2 N–H and O–H groups in total. The highest BCUT2D eigenvalue weighted by molar-refractivity contribution is 14.0. The lowest BCUT2D eigenvalue weighted by atomic mass is 9.98. The Morgan fingerprint density at radius 3 is 2.84 bits per heavy atom. The normalized spacial score (nSPS) is 18.6. The van der Waals surface area contributed by atoms with E-state index in [1.807, 2.05) is 7.05 Å². The third kappa shape index (κ3) is 7.35. The number of guanidine groups is 1. The quantitative estimate of drug-likeness (QED) is 0.284. The number of thioether (sulfide) groups is 1. The molecule has 1 heterocycles. The fourth-order valence-corrected chi connectivity index (χ4v) is 3.95. The van der Waals surface area contributed by atoms with Gasteiger partial charge in [-0.3, -0.25) is 4.99 Å². The average Bonchev–Trinajstić information content (AvgIpc) is 2.62. The first-order valence-corrected chi connectivity index (χ1v) is 10.2. The van der Waals surface area contributed by atoms with Crippen molar-refractivity contribution in [2.24, 2.45) is 10.9 Å². The summed E-state index contributed by atoms with van der Waals surface area (Å²) in [4.78, 5) is 8.26. The van der Waals surface area contributed by atoms with Crippen molar-refractivity contribution in [3.05, 3.63) is 29.3 Å². The smallest absolute Gasteiger partial charge is 0.191 e. The zero-order valence-corrected chi connectivity index (χ0v) is 19.1. The number of benzene rings is 1. The van der Waals surface area contributed by atoms with E-state index in [1.54, 1.807) is 11.8 Å². The lowest BCUT2D eigenvalue weighted by molar-refractivity contribution is 0.183. The Balaban J connectivity index is 0.00000312. The summed E-state index contributed by atoms with van der Waals surface area (Å²) < 4.78 is 0. The molecule has 1 aromatic carbocycles. The first-order valence-electron chi connectivity index (χ1n) is 8.96. The third-order valence-corrected chi connectivity index (χ3v) is 5.54. The van der Waals surface area contributed by atoms with Crippen LogP contribution in [0.5, 0.6) is 0 Å². The molecule has 6 heteroatoms. The Labute approximate surface area is 174 Å². The van der Waals surface area contributed by atoms with Crippen molar-refractivity contribution in [3.63, 3.8) is 0 Å². The molecule has 0 spiro atoms. The minimum atomic E-state index is 0. The second kappa shape index (κ2) is 12.0. The van der Waals surface area contributed by atoms with Gasteiger partial charge in [0.2, 0.25) is 0 Å². The molecule has 0 aliphatic carbocycles. The summed E-state index contributed by atoms with van der Waals surface area (Å²) in [5, 5.41) is 6.96. The van der Waals surface area contributed by atoms with E-state index >= 15 is 0 Å². The zero-order valence-electron chi connectivity index (χ0n) is 16.0. The minimum Gasteiger partial charge on any atom is -0.356 e. The summed E-state index contributed by atoms with van der Waals surface area (Å²) in [6.07, 6.45) is 4.76. The molecule has 0 amide bonds. The van der Waals surface area contributed by atoms with Gasteiger partial charge in [-0.05, 0) is 62.2 Å². The highest BCUT2D eigenvalue weighted by Crippen LogP contribution is 2.21. The van der Waals surface area contributed by atoms with Crippen LogP contribution in [0.2, 0.25) is 0 Å². The van der Waals surface area contributed by atoms with Crippen molar-refractivity contribution in [2.45, 2.75) is 38.1 Å². The van der Waals surface area contributed by atoms with Crippen LogP contribution < -0.4 is 10.6 Å². The van der Waals surface area contributed by atoms with E-state index in [2.05, 4.69) is 58.8 Å². The number of nitrogens with one attached hydrogen (secondary N) is 2. The lowest BCUT2D eigenvalue weighted by Crippen LogP contribution is -2.44. The third-order valence-electron chi connectivity index (χ3n) is 4.72. The number of nitrogens with zero attached hydrogens (tertiary/aromatic N) is 2. The minimum absolute atomic E-state index is 0. The van der Waals surface area contributed by atoms with Gasteiger partial charge >= 0.3 is 0 Å². The highest BCUT2D eigenvalue weighted by Gasteiger charge is 2.18. The van der Waals surface area contributed by atoms with Gasteiger partial charge in [0, 0.05) is 31.6 Å². The molecule has 2 rings (SSSR count). The maximum atomic E-state index is 4.37. The van der Waals surface area contributed by atoms with Crippen LogP contribution >= 0.6 is 35.7 Å². The van der Waals surface area contributed by atoms with Gasteiger partial charge < -0.3 is 15.5 Å². The molecule has 142 valence electrons. The Kier molecular flexibility index (Phi) is 10.8. The molecule has 0 bridgehead atoms. The summed E-state index contributed by atoms with van der Waals surface area (Å²) in [5.41, 5.74) is 2.63. The molecule has 0 saturated carbocycles. The molecule has 0 aromatic heterocycles. The molecule has 1 aliphatic heterocycles. The molecule has 1 unspecified atom stereocenters. The molecule has 25 heavy (non-hydrogen) atoms. The van der Waals surface area contributed by atoms with Gasteiger partial charge in [-0.25, -0.2) is 0 Å². The standard InChI is InChI=1S/C19H32N4S.HI/c1-5-23-10-6-7-16(14-23)12-21-19(20-3)22-13-17-9-8-15(2)11-18(17)24-4;/h8-9,11,16H,5-7,10,12-14H2,1-4H3,(H2,20,21,22);1H. The van der Waals surface area contributed by atoms with Crippen molar-refractivity contribution in [1.82, 2.24) is 15.5 Å². The summed E-state index contributed by atoms with van der Waals surface area (Å²) in [6.45, 7) is 9.82. The Hall–Kier alpha value is -0.470. The highest BCUT2D eigenvalue weighted by atomic mass is 127. The number of hydrogen-bond donors (Lipinski definition) is 2. The predicted octanol–water partition coefficient (Wildman–Crippen LogP) is 3.73. The second-order valence-corrected chi connectivity index (χ2v) is 7.37. The molecule has 1 saturated heterocycles. The zero-order chi connectivity index (χ0) is 17.4. The molecular formula is C19H33IN4S. The summed E-state index contributed by atoms with van der Waals surface area (Å²) in [6, 6.07) is 6.63. The van der Waals surface area contributed by atoms with E-state index in [0.29, 0.717) is 0 Å². The van der Waals surface area contributed by atoms with Crippen LogP contribution in [-0.2, 0) is 6.54 Å². The fraction of sp³-hybridized carbons (Fsp3) is 0.632. The largest absolute Gasteiger partial charge is 0.356 e. The van der Waals surface area contributed by atoms with Gasteiger partial charge in [-0.1, -0.05) is 19.1 Å². The summed E-state index contributed by atoms with van der Waals surface area (Å²) in [7, 11) is 1.85. The van der Waals surface area contributed by atoms with Crippen LogP contribution in [0.25, 0.3) is 0 Å². The molecule has 1 aliphatic rings. The second-order valence-electron chi connectivity index (χ2n) is 6.52. The van der Waals surface area contributed by atoms with Crippen molar-refractivity contribution in [2.75, 3.05) is 39.5 Å². The van der Waals surface area contributed by atoms with Gasteiger partial charge in [0.25, 0.3) is 0 Å². The van der Waals surface area contributed by atoms with Crippen molar-refractivity contribution in [3.8, 4) is 0 Å². The van der Waals surface area contributed by atoms with E-state index < -0.39 is 0 Å². The number of piperidine rings is 1. The van der Waals surface area contributed by atoms with Gasteiger partial charge in [-0.15, -0.1) is 35.7 Å². The van der Waals surface area contributed by atoms with Crippen molar-refractivity contribution < 1.29 is 0 Å². The SMILES string of the molecule is CCN1CCCC(CNC(=NC)NCc2ccc(C)cc2SC)C1.I. The van der Waals surface area contributed by atoms with E-state index in [1.165, 1.54) is 42.0 Å². The summed E-state index contributed by atoms with van der Waals surface area (Å²) in [5.74, 6) is 1.62. The Morgan fingerprint density at radius 1 is 1.36 bits per heavy atom. The van der Waals surface area contributed by atoms with Gasteiger partial charge in [-0.2, -0.15) is 0 Å². The van der Waals surface area contributed by atoms with Crippen molar-refractivity contribution in [1.29, 1.82) is 0 Å². The van der Waals surface area contributed by atoms with Gasteiger partial charge in [0.15, 0.2) is 5.96 Å². The Morgan fingerprint density at radius 2 is 2.16 bits per heavy atom. The Bertz CT molecular complexity index is 550. The number of aliphatic imine (C=N–C) groups is 1. The molecular weight excluding hydrogens is 443 g/mol. The number of hydrogen-bond acceptors (Lipinski definition) is 3. The van der Waals surface area contributed by atoms with Crippen LogP contribution in [0.3, 0.4) is 0 Å². The van der Waals surface area contributed by atoms with E-state index in [4.69, 9.17) is 0 Å². The fourth-order valence-electron chi connectivity index (χ4n) is 3.24. The van der Waals surface area contributed by atoms with Crippen LogP contribution in [0.1, 0.15) is 30.9 Å². The number of likely N-dealkylation sites (tertiary alicyclic amines) is 1. The van der Waals surface area contributed by atoms with Crippen LogP contribution in [0.4, 0.5) is 0 Å². The predicted molar refractivity (Wildman–Crippen MR) is 121 cm³/mol. The van der Waals surface area contributed by atoms with Crippen molar-refractivity contribution >= 4 is 41.7 Å². The topological polar surface area (TPSA) is 39.7 Å². The molecule has 0 radical (unpaired) electrons. The first-order chi connectivity index (χ1) is 11.7. The number of rotatable bonds is 6. The van der Waals surface area contributed by atoms with Crippen LogP contribution in [-0.4, -0.2) is 50.3 Å². The first kappa shape index (κ1) is 22.6. The van der Waals surface area contributed by atoms with Gasteiger partial charge in [0.05, 0.1) is 0 Å². The monoisotopic (exact) mass is 476 g/mol. The average molecular weight is 476 g/mol.